The molecule has 0 aliphatic carbocycles. The second-order valence-electron chi connectivity index (χ2n) is 1.75. The predicted octanol–water partition coefficient (Wildman–Crippen LogP) is 0.716. The van der Waals surface area contributed by atoms with Crippen molar-refractivity contribution in [3.63, 3.8) is 0 Å². The lowest BCUT2D eigenvalue weighted by Crippen LogP contribution is -2.25. The van der Waals surface area contributed by atoms with E-state index in [1.54, 1.807) is 0 Å². The summed E-state index contributed by atoms with van der Waals surface area (Å²) in [7, 11) is 0. The van der Waals surface area contributed by atoms with Crippen LogP contribution in [0, 0.1) is 0 Å². The number of esters is 1. The molecule has 0 aromatic rings. The van der Waals surface area contributed by atoms with Gasteiger partial charge in [0.05, 0.1) is 6.61 Å². The topological polar surface area (TPSA) is 46.5 Å². The molecule has 1 N–H and O–H groups in total. The van der Waals surface area contributed by atoms with Crippen LogP contribution >= 0.6 is 23.2 Å². The predicted molar refractivity (Wildman–Crippen MR) is 38.2 cm³/mol. The Morgan fingerprint density at radius 3 is 2.50 bits per heavy atom. The molecule has 0 rings (SSSR count). The summed E-state index contributed by atoms with van der Waals surface area (Å²) >= 11 is 10.7. The highest BCUT2D eigenvalue weighted by Crippen LogP contribution is 2.20. The standard InChI is InChI=1S/C5H8Cl2O3/c1-5(6,7)4(9)10-3-2-8/h8H,2-3H2,1H3. The van der Waals surface area contributed by atoms with Crippen molar-refractivity contribution in [2.45, 2.75) is 11.3 Å². The van der Waals surface area contributed by atoms with E-state index in [2.05, 4.69) is 4.74 Å². The highest BCUT2D eigenvalue weighted by molar-refractivity contribution is 6.57. The zero-order valence-electron chi connectivity index (χ0n) is 5.43. The number of halogens is 2. The number of carbonyl (C=O) groups excluding carboxylic acids is 1. The summed E-state index contributed by atoms with van der Waals surface area (Å²) < 4.78 is 2.88. The van der Waals surface area contributed by atoms with Gasteiger partial charge in [-0.25, -0.2) is 4.79 Å². The van der Waals surface area contributed by atoms with Crippen LogP contribution in [0.25, 0.3) is 0 Å². The number of ether oxygens (including phenoxy) is 1. The Morgan fingerprint density at radius 2 is 2.20 bits per heavy atom. The molecule has 0 unspecified atom stereocenters. The van der Waals surface area contributed by atoms with Gasteiger partial charge in [0, 0.05) is 0 Å². The van der Waals surface area contributed by atoms with Crippen molar-refractivity contribution in [2.75, 3.05) is 13.2 Å². The fourth-order valence-corrected chi connectivity index (χ4v) is 0.374. The first kappa shape index (κ1) is 10.0. The number of aliphatic hydroxyl groups excluding tert-OH is 1. The smallest absolute Gasteiger partial charge is 0.342 e. The molecule has 0 heterocycles. The highest BCUT2D eigenvalue weighted by atomic mass is 35.5. The average molecular weight is 187 g/mol. The fraction of sp³-hybridized carbons (Fsp3) is 0.800. The molecule has 0 saturated heterocycles. The summed E-state index contributed by atoms with van der Waals surface area (Å²) in [5, 5.41) is 8.22. The highest BCUT2D eigenvalue weighted by Gasteiger charge is 2.28. The first-order chi connectivity index (χ1) is 4.48. The van der Waals surface area contributed by atoms with Crippen LogP contribution in [-0.4, -0.2) is 28.6 Å². The van der Waals surface area contributed by atoms with E-state index in [0.717, 1.165) is 0 Å². The van der Waals surface area contributed by atoms with Gasteiger partial charge in [0.2, 0.25) is 4.33 Å². The monoisotopic (exact) mass is 186 g/mol. The molecule has 0 aromatic carbocycles. The second-order valence-corrected chi connectivity index (χ2v) is 3.45. The van der Waals surface area contributed by atoms with Crippen molar-refractivity contribution >= 4 is 29.2 Å². The molecule has 0 bridgehead atoms. The van der Waals surface area contributed by atoms with E-state index < -0.39 is 10.3 Å². The Bertz CT molecular complexity index is 119. The molecule has 0 radical (unpaired) electrons. The first-order valence-corrected chi connectivity index (χ1v) is 3.40. The minimum atomic E-state index is -1.52. The van der Waals surface area contributed by atoms with Gasteiger partial charge in [0.1, 0.15) is 6.61 Å². The minimum Gasteiger partial charge on any atom is -0.461 e. The van der Waals surface area contributed by atoms with Crippen LogP contribution in [0.3, 0.4) is 0 Å². The van der Waals surface area contributed by atoms with Crippen molar-refractivity contribution < 1.29 is 14.6 Å². The Morgan fingerprint density at radius 1 is 1.70 bits per heavy atom. The van der Waals surface area contributed by atoms with Crippen molar-refractivity contribution in [3.8, 4) is 0 Å². The lowest BCUT2D eigenvalue weighted by atomic mass is 10.5. The molecule has 60 valence electrons. The molecule has 3 nitrogen and oxygen atoms in total. The second kappa shape index (κ2) is 4.01. The van der Waals surface area contributed by atoms with E-state index in [0.29, 0.717) is 0 Å². The summed E-state index contributed by atoms with van der Waals surface area (Å²) in [5.41, 5.74) is 0. The fourth-order valence-electron chi connectivity index (χ4n) is 0.265. The number of aliphatic hydroxyl groups is 1. The number of rotatable bonds is 3. The third-order valence-corrected chi connectivity index (χ3v) is 0.991. The molecular formula is C5H8Cl2O3. The summed E-state index contributed by atoms with van der Waals surface area (Å²) in [6, 6.07) is 0. The zero-order chi connectivity index (χ0) is 8.20. The maximum Gasteiger partial charge on any atom is 0.342 e. The molecule has 0 amide bonds. The molecular weight excluding hydrogens is 179 g/mol. The van der Waals surface area contributed by atoms with Gasteiger partial charge in [-0.05, 0) is 6.92 Å². The van der Waals surface area contributed by atoms with E-state index in [-0.39, 0.29) is 13.2 Å². The zero-order valence-corrected chi connectivity index (χ0v) is 6.95. The number of alkyl halides is 2. The molecule has 0 aliphatic heterocycles. The molecule has 0 aliphatic rings. The van der Waals surface area contributed by atoms with Gasteiger partial charge < -0.3 is 9.84 Å². The van der Waals surface area contributed by atoms with Crippen LogP contribution < -0.4 is 0 Å². The van der Waals surface area contributed by atoms with Crippen molar-refractivity contribution in [1.29, 1.82) is 0 Å². The van der Waals surface area contributed by atoms with E-state index in [1.165, 1.54) is 6.92 Å². The van der Waals surface area contributed by atoms with Crippen LogP contribution in [0.15, 0.2) is 0 Å². The van der Waals surface area contributed by atoms with Gasteiger partial charge in [-0.15, -0.1) is 0 Å². The van der Waals surface area contributed by atoms with Crippen LogP contribution in [0.5, 0.6) is 0 Å². The van der Waals surface area contributed by atoms with Gasteiger partial charge in [0.15, 0.2) is 0 Å². The normalized spacial score (nSPS) is 11.2. The molecule has 5 heteroatoms. The molecule has 0 spiro atoms. The van der Waals surface area contributed by atoms with E-state index in [4.69, 9.17) is 28.3 Å². The average Bonchev–Trinajstić information content (AvgIpc) is 1.80. The Kier molecular flexibility index (Phi) is 4.01. The molecule has 10 heavy (non-hydrogen) atoms. The van der Waals surface area contributed by atoms with Crippen LogP contribution in [0.4, 0.5) is 0 Å². The lowest BCUT2D eigenvalue weighted by Gasteiger charge is -2.10. The van der Waals surface area contributed by atoms with Crippen LogP contribution in [-0.2, 0) is 9.53 Å². The quantitative estimate of drug-likeness (QED) is 0.522. The summed E-state index contributed by atoms with van der Waals surface area (Å²) in [6.45, 7) is 0.999. The Labute approximate surface area is 68.9 Å². The minimum absolute atomic E-state index is 0.0755. The van der Waals surface area contributed by atoms with Crippen molar-refractivity contribution in [3.05, 3.63) is 0 Å². The first-order valence-electron chi connectivity index (χ1n) is 2.64. The molecule has 0 fully saturated rings. The van der Waals surface area contributed by atoms with E-state index >= 15 is 0 Å². The van der Waals surface area contributed by atoms with Gasteiger partial charge in [0.25, 0.3) is 0 Å². The van der Waals surface area contributed by atoms with E-state index in [9.17, 15) is 4.79 Å². The molecule has 0 aromatic heterocycles. The SMILES string of the molecule is CC(Cl)(Cl)C(=O)OCCO. The molecule has 0 saturated carbocycles. The third-order valence-electron chi connectivity index (χ3n) is 0.683. The Hall–Kier alpha value is 0.01000. The van der Waals surface area contributed by atoms with E-state index in [1.807, 2.05) is 0 Å². The van der Waals surface area contributed by atoms with Gasteiger partial charge in [-0.1, -0.05) is 23.2 Å². The van der Waals surface area contributed by atoms with Crippen LogP contribution in [0.1, 0.15) is 6.92 Å². The third kappa shape index (κ3) is 3.93. The van der Waals surface area contributed by atoms with Gasteiger partial charge in [-0.2, -0.15) is 0 Å². The number of hydrogen-bond acceptors (Lipinski definition) is 3. The number of carbonyl (C=O) groups is 1. The number of hydrogen-bond donors (Lipinski definition) is 1. The summed E-state index contributed by atoms with van der Waals surface area (Å²) in [6.07, 6.45) is 0. The van der Waals surface area contributed by atoms with Crippen molar-refractivity contribution in [2.24, 2.45) is 0 Å². The largest absolute Gasteiger partial charge is 0.461 e. The van der Waals surface area contributed by atoms with Gasteiger partial charge in [-0.3, -0.25) is 0 Å². The summed E-state index contributed by atoms with van der Waals surface area (Å²) in [5.74, 6) is -0.745. The van der Waals surface area contributed by atoms with Crippen LogP contribution in [0.2, 0.25) is 0 Å². The Balaban J connectivity index is 3.64. The molecule has 0 atom stereocenters. The maximum atomic E-state index is 10.6. The van der Waals surface area contributed by atoms with Crippen molar-refractivity contribution in [1.82, 2.24) is 0 Å². The summed E-state index contributed by atoms with van der Waals surface area (Å²) in [4.78, 5) is 10.6. The van der Waals surface area contributed by atoms with Gasteiger partial charge >= 0.3 is 5.97 Å². The lowest BCUT2D eigenvalue weighted by molar-refractivity contribution is -0.145. The maximum absolute atomic E-state index is 10.6.